The van der Waals surface area contributed by atoms with Crippen LogP contribution in [0.4, 0.5) is 4.39 Å². The van der Waals surface area contributed by atoms with Crippen molar-refractivity contribution in [2.75, 3.05) is 7.11 Å². The molecule has 0 amide bonds. The summed E-state index contributed by atoms with van der Waals surface area (Å²) < 4.78 is 18.6. The number of Topliss-reactive ketones (excluding diaryl/α,β-unsaturated/α-hetero) is 1. The number of ketones is 1. The van der Waals surface area contributed by atoms with E-state index >= 15 is 0 Å². The molecule has 0 heterocycles. The first-order valence-corrected chi connectivity index (χ1v) is 5.75. The standard InChI is InChI=1S/C15H13FO3/c1-19-12-5-6-13(14(16)9-12)15(18)8-10-3-2-4-11(17)7-10/h2-7,9,17H,8H2,1H3. The molecule has 4 heteroatoms. The molecule has 2 aromatic carbocycles. The molecule has 0 saturated heterocycles. The number of halogens is 1. The fourth-order valence-corrected chi connectivity index (χ4v) is 1.80. The van der Waals surface area contributed by atoms with Crippen LogP contribution in [0, 0.1) is 5.82 Å². The van der Waals surface area contributed by atoms with Gasteiger partial charge in [-0.3, -0.25) is 4.79 Å². The summed E-state index contributed by atoms with van der Waals surface area (Å²) in [5.74, 6) is -0.498. The number of phenols is 1. The Morgan fingerprint density at radius 3 is 2.68 bits per heavy atom. The van der Waals surface area contributed by atoms with Crippen molar-refractivity contribution in [2.24, 2.45) is 0 Å². The summed E-state index contributed by atoms with van der Waals surface area (Å²) in [6.45, 7) is 0. The van der Waals surface area contributed by atoms with Crippen molar-refractivity contribution in [3.8, 4) is 11.5 Å². The number of ether oxygens (including phenoxy) is 1. The van der Waals surface area contributed by atoms with Gasteiger partial charge in [-0.15, -0.1) is 0 Å². The number of hydrogen-bond donors (Lipinski definition) is 1. The van der Waals surface area contributed by atoms with Gasteiger partial charge in [0.05, 0.1) is 12.7 Å². The van der Waals surface area contributed by atoms with Gasteiger partial charge in [0, 0.05) is 12.5 Å². The zero-order valence-corrected chi connectivity index (χ0v) is 10.4. The van der Waals surface area contributed by atoms with Gasteiger partial charge in [-0.05, 0) is 29.8 Å². The number of phenolic OH excluding ortho intramolecular Hbond substituents is 1. The van der Waals surface area contributed by atoms with Crippen LogP contribution in [0.25, 0.3) is 0 Å². The second-order valence-electron chi connectivity index (χ2n) is 4.12. The molecule has 0 unspecified atom stereocenters. The largest absolute Gasteiger partial charge is 0.508 e. The fraction of sp³-hybridized carbons (Fsp3) is 0.133. The predicted molar refractivity (Wildman–Crippen MR) is 69.1 cm³/mol. The zero-order valence-electron chi connectivity index (χ0n) is 10.4. The van der Waals surface area contributed by atoms with Gasteiger partial charge in [-0.25, -0.2) is 4.39 Å². The molecule has 98 valence electrons. The second-order valence-corrected chi connectivity index (χ2v) is 4.12. The van der Waals surface area contributed by atoms with Crippen molar-refractivity contribution < 1.29 is 19.0 Å². The number of carbonyl (C=O) groups excluding carboxylic acids is 1. The summed E-state index contributed by atoms with van der Waals surface area (Å²) in [5, 5.41) is 9.32. The van der Waals surface area contributed by atoms with Crippen LogP contribution in [0.1, 0.15) is 15.9 Å². The maximum absolute atomic E-state index is 13.7. The van der Waals surface area contributed by atoms with E-state index < -0.39 is 5.82 Å². The zero-order chi connectivity index (χ0) is 13.8. The smallest absolute Gasteiger partial charge is 0.170 e. The third kappa shape index (κ3) is 3.10. The van der Waals surface area contributed by atoms with Crippen molar-refractivity contribution in [1.82, 2.24) is 0 Å². The molecule has 0 radical (unpaired) electrons. The van der Waals surface area contributed by atoms with Crippen molar-refractivity contribution in [1.29, 1.82) is 0 Å². The minimum Gasteiger partial charge on any atom is -0.508 e. The van der Waals surface area contributed by atoms with Gasteiger partial charge in [0.1, 0.15) is 17.3 Å². The molecular formula is C15H13FO3. The minimum absolute atomic E-state index is 0.0177. The van der Waals surface area contributed by atoms with E-state index in [1.807, 2.05) is 0 Å². The molecule has 0 aliphatic carbocycles. The van der Waals surface area contributed by atoms with Crippen molar-refractivity contribution >= 4 is 5.78 Å². The van der Waals surface area contributed by atoms with Gasteiger partial charge in [0.2, 0.25) is 0 Å². The highest BCUT2D eigenvalue weighted by Crippen LogP contribution is 2.19. The molecule has 0 atom stereocenters. The number of hydrogen-bond acceptors (Lipinski definition) is 3. The summed E-state index contributed by atoms with van der Waals surface area (Å²) in [4.78, 5) is 12.0. The van der Waals surface area contributed by atoms with Crippen LogP contribution in [0.2, 0.25) is 0 Å². The lowest BCUT2D eigenvalue weighted by Crippen LogP contribution is -2.06. The molecule has 0 aliphatic rings. The van der Waals surface area contributed by atoms with Gasteiger partial charge in [-0.2, -0.15) is 0 Å². The molecule has 0 saturated carbocycles. The second kappa shape index (κ2) is 5.52. The van der Waals surface area contributed by atoms with Gasteiger partial charge < -0.3 is 9.84 Å². The molecule has 0 aromatic heterocycles. The minimum atomic E-state index is -0.607. The van der Waals surface area contributed by atoms with Crippen molar-refractivity contribution in [3.05, 3.63) is 59.4 Å². The summed E-state index contributed by atoms with van der Waals surface area (Å²) in [6, 6.07) is 10.5. The molecule has 1 N–H and O–H groups in total. The molecule has 0 fully saturated rings. The number of rotatable bonds is 4. The summed E-state index contributed by atoms with van der Waals surface area (Å²) in [7, 11) is 1.43. The molecule has 0 bridgehead atoms. The predicted octanol–water partition coefficient (Wildman–Crippen LogP) is 2.97. The highest BCUT2D eigenvalue weighted by atomic mass is 19.1. The first-order chi connectivity index (χ1) is 9.10. The lowest BCUT2D eigenvalue weighted by Gasteiger charge is -2.05. The van der Waals surface area contributed by atoms with Crippen LogP contribution < -0.4 is 4.74 Å². The van der Waals surface area contributed by atoms with Gasteiger partial charge in [-0.1, -0.05) is 12.1 Å². The molecule has 0 spiro atoms. The molecule has 3 nitrogen and oxygen atoms in total. The van der Waals surface area contributed by atoms with Gasteiger partial charge >= 0.3 is 0 Å². The third-order valence-corrected chi connectivity index (χ3v) is 2.75. The Balaban J connectivity index is 2.20. The van der Waals surface area contributed by atoms with E-state index in [9.17, 15) is 14.3 Å². The van der Waals surface area contributed by atoms with E-state index in [0.29, 0.717) is 11.3 Å². The topological polar surface area (TPSA) is 46.5 Å². The van der Waals surface area contributed by atoms with E-state index in [2.05, 4.69) is 0 Å². The van der Waals surface area contributed by atoms with E-state index in [1.165, 1.54) is 31.4 Å². The molecular weight excluding hydrogens is 247 g/mol. The lowest BCUT2D eigenvalue weighted by atomic mass is 10.0. The average Bonchev–Trinajstić information content (AvgIpc) is 2.38. The maximum atomic E-state index is 13.7. The van der Waals surface area contributed by atoms with Gasteiger partial charge in [0.15, 0.2) is 5.78 Å². The van der Waals surface area contributed by atoms with Crippen molar-refractivity contribution in [3.63, 3.8) is 0 Å². The van der Waals surface area contributed by atoms with Crippen LogP contribution in [0.15, 0.2) is 42.5 Å². The van der Waals surface area contributed by atoms with Crippen LogP contribution in [0.5, 0.6) is 11.5 Å². The molecule has 19 heavy (non-hydrogen) atoms. The lowest BCUT2D eigenvalue weighted by molar-refractivity contribution is 0.0989. The van der Waals surface area contributed by atoms with Gasteiger partial charge in [0.25, 0.3) is 0 Å². The Bertz CT molecular complexity index is 608. The Labute approximate surface area is 110 Å². The Kier molecular flexibility index (Phi) is 3.80. The number of benzene rings is 2. The number of aromatic hydroxyl groups is 1. The first kappa shape index (κ1) is 13.1. The normalized spacial score (nSPS) is 10.2. The van der Waals surface area contributed by atoms with E-state index in [1.54, 1.807) is 18.2 Å². The molecule has 0 aliphatic heterocycles. The van der Waals surface area contributed by atoms with Crippen LogP contribution in [-0.4, -0.2) is 18.0 Å². The highest BCUT2D eigenvalue weighted by molar-refractivity contribution is 5.97. The summed E-state index contributed by atoms with van der Waals surface area (Å²) in [6.07, 6.45) is 0.0393. The van der Waals surface area contributed by atoms with E-state index in [4.69, 9.17) is 4.74 Å². The first-order valence-electron chi connectivity index (χ1n) is 5.75. The molecule has 2 aromatic rings. The highest BCUT2D eigenvalue weighted by Gasteiger charge is 2.13. The van der Waals surface area contributed by atoms with Crippen LogP contribution in [-0.2, 0) is 6.42 Å². The average molecular weight is 260 g/mol. The van der Waals surface area contributed by atoms with E-state index in [0.717, 1.165) is 0 Å². The quantitative estimate of drug-likeness (QED) is 0.860. The summed E-state index contributed by atoms with van der Waals surface area (Å²) in [5.41, 5.74) is 0.657. The number of carbonyl (C=O) groups is 1. The van der Waals surface area contributed by atoms with Crippen LogP contribution >= 0.6 is 0 Å². The monoisotopic (exact) mass is 260 g/mol. The Morgan fingerprint density at radius 1 is 1.26 bits per heavy atom. The van der Waals surface area contributed by atoms with Crippen LogP contribution in [0.3, 0.4) is 0 Å². The fourth-order valence-electron chi connectivity index (χ4n) is 1.80. The Hall–Kier alpha value is -2.36. The SMILES string of the molecule is COc1ccc(C(=O)Cc2cccc(O)c2)c(F)c1. The van der Waals surface area contributed by atoms with Crippen molar-refractivity contribution in [2.45, 2.75) is 6.42 Å². The number of methoxy groups -OCH3 is 1. The summed E-state index contributed by atoms with van der Waals surface area (Å²) >= 11 is 0. The van der Waals surface area contributed by atoms with E-state index in [-0.39, 0.29) is 23.5 Å². The maximum Gasteiger partial charge on any atom is 0.170 e. The third-order valence-electron chi connectivity index (χ3n) is 2.75. The molecule has 2 rings (SSSR count). The Morgan fingerprint density at radius 2 is 2.05 bits per heavy atom.